The summed E-state index contributed by atoms with van der Waals surface area (Å²) in [4.78, 5) is 17.1. The van der Waals surface area contributed by atoms with Crippen LogP contribution in [0.3, 0.4) is 0 Å². The third kappa shape index (κ3) is 3.54. The van der Waals surface area contributed by atoms with Gasteiger partial charge in [0.2, 0.25) is 0 Å². The highest BCUT2D eigenvalue weighted by atomic mass is 16.2. The Hall–Kier alpha value is -2.34. The molecule has 0 bridgehead atoms. The number of likely N-dealkylation sites (tertiary alicyclic amines) is 2. The fraction of sp³-hybridized carbons (Fsp3) is 0.474. The summed E-state index contributed by atoms with van der Waals surface area (Å²) in [6, 6.07) is 10.3. The summed E-state index contributed by atoms with van der Waals surface area (Å²) >= 11 is 0. The van der Waals surface area contributed by atoms with Gasteiger partial charge in [0.15, 0.2) is 0 Å². The van der Waals surface area contributed by atoms with E-state index in [1.54, 1.807) is 6.20 Å². The van der Waals surface area contributed by atoms with Gasteiger partial charge in [-0.25, -0.2) is 4.79 Å². The average Bonchev–Trinajstić information content (AvgIpc) is 3.24. The molecule has 2 aliphatic rings. The van der Waals surface area contributed by atoms with E-state index in [1.807, 2.05) is 40.0 Å². The lowest BCUT2D eigenvalue weighted by Crippen LogP contribution is -2.49. The van der Waals surface area contributed by atoms with Crippen LogP contribution >= 0.6 is 0 Å². The second-order valence-corrected chi connectivity index (χ2v) is 7.19. The minimum atomic E-state index is 0.0269. The Bertz CT molecular complexity index is 729. The number of fused-ring (bicyclic) bond motifs is 1. The van der Waals surface area contributed by atoms with Gasteiger partial charge in [0, 0.05) is 37.2 Å². The number of anilines is 1. The minimum absolute atomic E-state index is 0.0269. The van der Waals surface area contributed by atoms with Gasteiger partial charge in [-0.15, -0.1) is 0 Å². The van der Waals surface area contributed by atoms with Crippen molar-refractivity contribution in [3.05, 3.63) is 48.3 Å². The van der Waals surface area contributed by atoms with Gasteiger partial charge in [0.1, 0.15) is 0 Å². The van der Waals surface area contributed by atoms with Gasteiger partial charge >= 0.3 is 6.03 Å². The standard InChI is InChI=1S/C19H25N5O/c1-22-10-6-16-7-11-24(18(16)14-22)19(25)21-17-5-2-4-15(12-17)13-23-9-3-8-20-23/h2-5,8-9,12,16,18H,6-7,10-11,13-14H2,1H3,(H,21,25)/t16-,18+/m0/s1. The number of piperidine rings is 1. The molecule has 4 rings (SSSR count). The lowest BCUT2D eigenvalue weighted by molar-refractivity contribution is 0.137. The van der Waals surface area contributed by atoms with Gasteiger partial charge in [-0.2, -0.15) is 5.10 Å². The fourth-order valence-corrected chi connectivity index (χ4v) is 4.07. The van der Waals surface area contributed by atoms with Crippen LogP contribution in [0.5, 0.6) is 0 Å². The molecule has 0 unspecified atom stereocenters. The van der Waals surface area contributed by atoms with E-state index in [1.165, 1.54) is 6.42 Å². The van der Waals surface area contributed by atoms with E-state index >= 15 is 0 Å². The number of amides is 2. The van der Waals surface area contributed by atoms with Crippen LogP contribution in [-0.4, -0.2) is 58.3 Å². The van der Waals surface area contributed by atoms with Crippen LogP contribution in [-0.2, 0) is 6.54 Å². The number of carbonyl (C=O) groups excluding carboxylic acids is 1. The number of aromatic nitrogens is 2. The van der Waals surface area contributed by atoms with E-state index in [4.69, 9.17) is 0 Å². The molecule has 0 saturated carbocycles. The Morgan fingerprint density at radius 1 is 1.28 bits per heavy atom. The predicted molar refractivity (Wildman–Crippen MR) is 97.5 cm³/mol. The number of urea groups is 1. The van der Waals surface area contributed by atoms with Crippen LogP contribution < -0.4 is 5.32 Å². The van der Waals surface area contributed by atoms with Gasteiger partial charge in [-0.05, 0) is 56.1 Å². The van der Waals surface area contributed by atoms with Gasteiger partial charge in [0.05, 0.1) is 6.54 Å². The quantitative estimate of drug-likeness (QED) is 0.935. The molecule has 2 atom stereocenters. The molecule has 132 valence electrons. The molecule has 6 nitrogen and oxygen atoms in total. The van der Waals surface area contributed by atoms with Crippen molar-refractivity contribution in [2.24, 2.45) is 5.92 Å². The third-order valence-corrected chi connectivity index (χ3v) is 5.41. The number of nitrogens with one attached hydrogen (secondary N) is 1. The topological polar surface area (TPSA) is 53.4 Å². The normalized spacial score (nSPS) is 23.5. The monoisotopic (exact) mass is 339 g/mol. The SMILES string of the molecule is CN1CC[C@H]2CCN(C(=O)Nc3cccc(Cn4cccn4)c3)[C@@H]2C1. The number of likely N-dealkylation sites (N-methyl/N-ethyl adjacent to an activating group) is 1. The molecule has 2 aliphatic heterocycles. The number of hydrogen-bond acceptors (Lipinski definition) is 3. The average molecular weight is 339 g/mol. The zero-order chi connectivity index (χ0) is 17.2. The first-order valence-corrected chi connectivity index (χ1v) is 9.01. The molecule has 0 radical (unpaired) electrons. The first-order chi connectivity index (χ1) is 12.2. The van der Waals surface area contributed by atoms with Crippen LogP contribution in [0.1, 0.15) is 18.4 Å². The van der Waals surface area contributed by atoms with Gasteiger partial charge < -0.3 is 15.1 Å². The molecular formula is C19H25N5O. The molecule has 0 spiro atoms. The van der Waals surface area contributed by atoms with Crippen LogP contribution in [0, 0.1) is 5.92 Å². The molecule has 1 aromatic heterocycles. The van der Waals surface area contributed by atoms with Gasteiger partial charge in [0.25, 0.3) is 0 Å². The Labute approximate surface area is 148 Å². The molecule has 25 heavy (non-hydrogen) atoms. The lowest BCUT2D eigenvalue weighted by Gasteiger charge is -2.36. The molecule has 2 fully saturated rings. The highest BCUT2D eigenvalue weighted by Gasteiger charge is 2.39. The summed E-state index contributed by atoms with van der Waals surface area (Å²) in [6.07, 6.45) is 6.04. The Kier molecular flexibility index (Phi) is 4.44. The first-order valence-electron chi connectivity index (χ1n) is 9.01. The van der Waals surface area contributed by atoms with Gasteiger partial charge in [-0.1, -0.05) is 12.1 Å². The molecular weight excluding hydrogens is 314 g/mol. The van der Waals surface area contributed by atoms with Crippen molar-refractivity contribution in [2.45, 2.75) is 25.4 Å². The lowest BCUT2D eigenvalue weighted by atomic mass is 9.92. The van der Waals surface area contributed by atoms with Crippen molar-refractivity contribution in [1.82, 2.24) is 19.6 Å². The van der Waals surface area contributed by atoms with E-state index in [0.717, 1.165) is 37.3 Å². The van der Waals surface area contributed by atoms with Crippen molar-refractivity contribution in [3.8, 4) is 0 Å². The van der Waals surface area contributed by atoms with Crippen molar-refractivity contribution in [3.63, 3.8) is 0 Å². The van der Waals surface area contributed by atoms with Gasteiger partial charge in [-0.3, -0.25) is 4.68 Å². The first kappa shape index (κ1) is 16.1. The Balaban J connectivity index is 1.42. The highest BCUT2D eigenvalue weighted by molar-refractivity contribution is 5.89. The smallest absolute Gasteiger partial charge is 0.320 e. The summed E-state index contributed by atoms with van der Waals surface area (Å²) in [5, 5.41) is 7.32. The van der Waals surface area contributed by atoms with Crippen LogP contribution in [0.4, 0.5) is 10.5 Å². The number of carbonyl (C=O) groups is 1. The summed E-state index contributed by atoms with van der Waals surface area (Å²) in [7, 11) is 2.14. The maximum atomic E-state index is 12.8. The summed E-state index contributed by atoms with van der Waals surface area (Å²) in [5.41, 5.74) is 1.97. The number of hydrogen-bond donors (Lipinski definition) is 1. The maximum Gasteiger partial charge on any atom is 0.322 e. The molecule has 2 amide bonds. The number of nitrogens with zero attached hydrogens (tertiary/aromatic N) is 4. The van der Waals surface area contributed by atoms with Crippen molar-refractivity contribution >= 4 is 11.7 Å². The molecule has 0 aliphatic carbocycles. The Morgan fingerprint density at radius 3 is 3.00 bits per heavy atom. The fourth-order valence-electron chi connectivity index (χ4n) is 4.07. The molecule has 2 aromatic rings. The Morgan fingerprint density at radius 2 is 2.16 bits per heavy atom. The summed E-state index contributed by atoms with van der Waals surface area (Å²) in [5.74, 6) is 0.660. The second-order valence-electron chi connectivity index (χ2n) is 7.19. The van der Waals surface area contributed by atoms with Crippen LogP contribution in [0.15, 0.2) is 42.7 Å². The molecule has 1 aromatic carbocycles. The van der Waals surface area contributed by atoms with E-state index in [0.29, 0.717) is 18.5 Å². The minimum Gasteiger partial charge on any atom is -0.320 e. The number of benzene rings is 1. The second kappa shape index (κ2) is 6.88. The molecule has 1 N–H and O–H groups in total. The highest BCUT2D eigenvalue weighted by Crippen LogP contribution is 2.31. The zero-order valence-electron chi connectivity index (χ0n) is 14.6. The predicted octanol–water partition coefficient (Wildman–Crippen LogP) is 2.49. The van der Waals surface area contributed by atoms with Crippen LogP contribution in [0.2, 0.25) is 0 Å². The van der Waals surface area contributed by atoms with Crippen molar-refractivity contribution in [2.75, 3.05) is 32.0 Å². The van der Waals surface area contributed by atoms with E-state index in [2.05, 4.69) is 28.4 Å². The van der Waals surface area contributed by atoms with Crippen LogP contribution in [0.25, 0.3) is 0 Å². The van der Waals surface area contributed by atoms with E-state index in [9.17, 15) is 4.79 Å². The maximum absolute atomic E-state index is 12.8. The molecule has 2 saturated heterocycles. The summed E-state index contributed by atoms with van der Waals surface area (Å²) in [6.45, 7) is 3.70. The van der Waals surface area contributed by atoms with E-state index < -0.39 is 0 Å². The number of rotatable bonds is 3. The zero-order valence-corrected chi connectivity index (χ0v) is 14.6. The van der Waals surface area contributed by atoms with Crippen molar-refractivity contribution < 1.29 is 4.79 Å². The summed E-state index contributed by atoms with van der Waals surface area (Å²) < 4.78 is 1.88. The van der Waals surface area contributed by atoms with Crippen molar-refractivity contribution in [1.29, 1.82) is 0 Å². The largest absolute Gasteiger partial charge is 0.322 e. The molecule has 6 heteroatoms. The third-order valence-electron chi connectivity index (χ3n) is 5.41. The van der Waals surface area contributed by atoms with E-state index in [-0.39, 0.29) is 6.03 Å². The molecule has 3 heterocycles.